The van der Waals surface area contributed by atoms with E-state index in [0.29, 0.717) is 21.7 Å². The highest BCUT2D eigenvalue weighted by Gasteiger charge is 2.15. The number of amides is 1. The number of nitrogens with zero attached hydrogens (tertiary/aromatic N) is 3. The lowest BCUT2D eigenvalue weighted by molar-refractivity contribution is -0.113. The van der Waals surface area contributed by atoms with Gasteiger partial charge in [-0.1, -0.05) is 39.8 Å². The molecule has 30 heavy (non-hydrogen) atoms. The number of fused-ring (bicyclic) bond motifs is 1. The van der Waals surface area contributed by atoms with Gasteiger partial charge in [-0.3, -0.25) is 19.1 Å². The van der Waals surface area contributed by atoms with E-state index in [9.17, 15) is 9.59 Å². The van der Waals surface area contributed by atoms with E-state index < -0.39 is 0 Å². The zero-order chi connectivity index (χ0) is 21.1. The van der Waals surface area contributed by atoms with E-state index in [1.54, 1.807) is 42.7 Å². The Morgan fingerprint density at radius 3 is 2.77 bits per heavy atom. The molecule has 0 spiro atoms. The number of thioether (sulfide) groups is 1. The summed E-state index contributed by atoms with van der Waals surface area (Å²) in [6.45, 7) is 1.93. The van der Waals surface area contributed by atoms with E-state index in [0.717, 1.165) is 15.7 Å². The fraction of sp³-hybridized carbons (Fsp3) is 0.0909. The highest BCUT2D eigenvalue weighted by molar-refractivity contribution is 9.10. The minimum absolute atomic E-state index is 0.112. The number of para-hydroxylation sites is 1. The van der Waals surface area contributed by atoms with Crippen molar-refractivity contribution < 1.29 is 4.79 Å². The Kier molecular flexibility index (Phi) is 5.96. The van der Waals surface area contributed by atoms with E-state index in [1.807, 2.05) is 31.2 Å². The lowest BCUT2D eigenvalue weighted by atomic mass is 10.2. The number of halogens is 1. The first-order chi connectivity index (χ1) is 14.5. The summed E-state index contributed by atoms with van der Waals surface area (Å²) in [5, 5.41) is 3.86. The Labute approximate surface area is 185 Å². The third-order valence-electron chi connectivity index (χ3n) is 4.44. The summed E-state index contributed by atoms with van der Waals surface area (Å²) < 4.78 is 2.45. The van der Waals surface area contributed by atoms with Gasteiger partial charge in [-0.15, -0.1) is 0 Å². The van der Waals surface area contributed by atoms with Gasteiger partial charge in [0, 0.05) is 16.4 Å². The van der Waals surface area contributed by atoms with Crippen molar-refractivity contribution in [3.63, 3.8) is 0 Å². The average molecular weight is 481 g/mol. The fourth-order valence-corrected chi connectivity index (χ4v) is 4.29. The molecule has 0 radical (unpaired) electrons. The number of anilines is 1. The molecule has 0 aliphatic heterocycles. The molecular formula is C22H17BrN4O2S. The van der Waals surface area contributed by atoms with Gasteiger partial charge in [-0.05, 0) is 55.0 Å². The number of hydrogen-bond acceptors (Lipinski definition) is 5. The fourth-order valence-electron chi connectivity index (χ4n) is 3.01. The van der Waals surface area contributed by atoms with Gasteiger partial charge in [0.05, 0.1) is 28.5 Å². The number of aryl methyl sites for hydroxylation is 1. The molecule has 1 N–H and O–H groups in total. The Balaban J connectivity index is 1.65. The maximum absolute atomic E-state index is 13.1. The standard InChI is InChI=1S/C22H17BrN4O2S/c1-14-11-15(23)8-9-18(14)25-20(28)13-30-22-26-19-7-3-2-6-17(19)21(29)27(22)16-5-4-10-24-12-16/h2-12H,13H2,1H3,(H,25,28). The molecule has 0 saturated heterocycles. The van der Waals surface area contributed by atoms with Crippen molar-refractivity contribution >= 4 is 50.2 Å². The molecule has 0 aliphatic carbocycles. The monoisotopic (exact) mass is 480 g/mol. The molecule has 0 unspecified atom stereocenters. The number of carbonyl (C=O) groups excluding carboxylic acids is 1. The molecule has 4 aromatic rings. The Morgan fingerprint density at radius 1 is 1.17 bits per heavy atom. The number of aromatic nitrogens is 3. The van der Waals surface area contributed by atoms with Gasteiger partial charge in [0.2, 0.25) is 5.91 Å². The van der Waals surface area contributed by atoms with Crippen LogP contribution in [0.25, 0.3) is 16.6 Å². The molecule has 2 heterocycles. The Bertz CT molecular complexity index is 1290. The predicted molar refractivity (Wildman–Crippen MR) is 123 cm³/mol. The lowest BCUT2D eigenvalue weighted by Gasteiger charge is -2.13. The number of rotatable bonds is 5. The maximum atomic E-state index is 13.1. The lowest BCUT2D eigenvalue weighted by Crippen LogP contribution is -2.23. The van der Waals surface area contributed by atoms with Crippen LogP contribution in [0.4, 0.5) is 5.69 Å². The Hall–Kier alpha value is -2.97. The van der Waals surface area contributed by atoms with Crippen molar-refractivity contribution in [1.82, 2.24) is 14.5 Å². The molecule has 4 rings (SSSR count). The van der Waals surface area contributed by atoms with Crippen LogP contribution in [0.5, 0.6) is 0 Å². The van der Waals surface area contributed by atoms with Crippen LogP contribution in [-0.4, -0.2) is 26.2 Å². The van der Waals surface area contributed by atoms with E-state index >= 15 is 0 Å². The smallest absolute Gasteiger partial charge is 0.266 e. The first-order valence-corrected chi connectivity index (χ1v) is 10.9. The van der Waals surface area contributed by atoms with Crippen LogP contribution < -0.4 is 10.9 Å². The van der Waals surface area contributed by atoms with Gasteiger partial charge in [0.15, 0.2) is 5.16 Å². The molecular weight excluding hydrogens is 464 g/mol. The second-order valence-corrected chi connectivity index (χ2v) is 8.42. The van der Waals surface area contributed by atoms with Crippen LogP contribution in [0.3, 0.4) is 0 Å². The minimum atomic E-state index is -0.194. The number of nitrogens with one attached hydrogen (secondary N) is 1. The molecule has 6 nitrogen and oxygen atoms in total. The third-order valence-corrected chi connectivity index (χ3v) is 5.88. The van der Waals surface area contributed by atoms with Gasteiger partial charge in [-0.25, -0.2) is 4.98 Å². The van der Waals surface area contributed by atoms with Gasteiger partial charge in [0.25, 0.3) is 5.56 Å². The molecule has 2 aromatic heterocycles. The zero-order valence-electron chi connectivity index (χ0n) is 16.0. The predicted octanol–water partition coefficient (Wildman–Crippen LogP) is 4.58. The second kappa shape index (κ2) is 8.81. The SMILES string of the molecule is Cc1cc(Br)ccc1NC(=O)CSc1nc2ccccc2c(=O)n1-c1cccnc1. The highest BCUT2D eigenvalue weighted by atomic mass is 79.9. The molecule has 0 aliphatic rings. The van der Waals surface area contributed by atoms with E-state index in [2.05, 4.69) is 31.2 Å². The molecule has 0 saturated carbocycles. The van der Waals surface area contributed by atoms with Gasteiger partial charge < -0.3 is 5.32 Å². The van der Waals surface area contributed by atoms with Crippen LogP contribution in [-0.2, 0) is 4.79 Å². The van der Waals surface area contributed by atoms with Crippen molar-refractivity contribution in [2.75, 3.05) is 11.1 Å². The zero-order valence-corrected chi connectivity index (χ0v) is 18.4. The van der Waals surface area contributed by atoms with Crippen LogP contribution in [0.2, 0.25) is 0 Å². The highest BCUT2D eigenvalue weighted by Crippen LogP contribution is 2.23. The van der Waals surface area contributed by atoms with Crippen LogP contribution in [0, 0.1) is 6.92 Å². The largest absolute Gasteiger partial charge is 0.325 e. The van der Waals surface area contributed by atoms with Crippen LogP contribution in [0.15, 0.2) is 81.4 Å². The Morgan fingerprint density at radius 2 is 2.00 bits per heavy atom. The van der Waals surface area contributed by atoms with Crippen molar-refractivity contribution in [2.24, 2.45) is 0 Å². The summed E-state index contributed by atoms with van der Waals surface area (Å²) in [4.78, 5) is 34.4. The number of benzene rings is 2. The topological polar surface area (TPSA) is 76.9 Å². The maximum Gasteiger partial charge on any atom is 0.266 e. The van der Waals surface area contributed by atoms with Gasteiger partial charge in [0.1, 0.15) is 0 Å². The summed E-state index contributed by atoms with van der Waals surface area (Å²) in [5.74, 6) is -0.0637. The molecule has 0 atom stereocenters. The molecule has 8 heteroatoms. The van der Waals surface area contributed by atoms with E-state index in [-0.39, 0.29) is 17.2 Å². The van der Waals surface area contributed by atoms with E-state index in [4.69, 9.17) is 0 Å². The third kappa shape index (κ3) is 4.29. The summed E-state index contributed by atoms with van der Waals surface area (Å²) >= 11 is 4.63. The summed E-state index contributed by atoms with van der Waals surface area (Å²) in [6, 6.07) is 16.4. The number of hydrogen-bond donors (Lipinski definition) is 1. The van der Waals surface area contributed by atoms with Crippen molar-refractivity contribution in [3.8, 4) is 5.69 Å². The first kappa shape index (κ1) is 20.3. The van der Waals surface area contributed by atoms with Crippen LogP contribution in [0.1, 0.15) is 5.56 Å². The molecule has 150 valence electrons. The molecule has 0 bridgehead atoms. The van der Waals surface area contributed by atoms with Gasteiger partial charge in [-0.2, -0.15) is 0 Å². The molecule has 2 aromatic carbocycles. The average Bonchev–Trinajstić information content (AvgIpc) is 2.75. The quantitative estimate of drug-likeness (QED) is 0.334. The van der Waals surface area contributed by atoms with E-state index in [1.165, 1.54) is 16.3 Å². The minimum Gasteiger partial charge on any atom is -0.325 e. The molecule has 1 amide bonds. The van der Waals surface area contributed by atoms with Gasteiger partial charge >= 0.3 is 0 Å². The van der Waals surface area contributed by atoms with Crippen molar-refractivity contribution in [3.05, 3.63) is 87.4 Å². The molecule has 0 fully saturated rings. The second-order valence-electron chi connectivity index (χ2n) is 6.56. The summed E-state index contributed by atoms with van der Waals surface area (Å²) in [5.41, 5.74) is 2.71. The summed E-state index contributed by atoms with van der Waals surface area (Å²) in [7, 11) is 0. The van der Waals surface area contributed by atoms with Crippen molar-refractivity contribution in [2.45, 2.75) is 12.1 Å². The van der Waals surface area contributed by atoms with Crippen molar-refractivity contribution in [1.29, 1.82) is 0 Å². The van der Waals surface area contributed by atoms with Crippen LogP contribution >= 0.6 is 27.7 Å². The summed E-state index contributed by atoms with van der Waals surface area (Å²) in [6.07, 6.45) is 3.25. The number of carbonyl (C=O) groups is 1. The first-order valence-electron chi connectivity index (χ1n) is 9.14. The number of pyridine rings is 1. The normalized spacial score (nSPS) is 10.9.